The number of rotatable bonds is 4. The number of aromatic amines is 1. The molecule has 3 rings (SSSR count). The van der Waals surface area contributed by atoms with Crippen molar-refractivity contribution < 1.29 is 4.74 Å². The van der Waals surface area contributed by atoms with E-state index >= 15 is 0 Å². The van der Waals surface area contributed by atoms with Crippen LogP contribution in [0.3, 0.4) is 0 Å². The van der Waals surface area contributed by atoms with E-state index in [1.165, 1.54) is 19.3 Å². The lowest BCUT2D eigenvalue weighted by molar-refractivity contribution is 0.180. The van der Waals surface area contributed by atoms with Crippen LogP contribution in [0.5, 0.6) is 5.75 Å². The van der Waals surface area contributed by atoms with Gasteiger partial charge in [-0.15, -0.1) is 0 Å². The van der Waals surface area contributed by atoms with Crippen LogP contribution in [0.15, 0.2) is 28.9 Å². The highest BCUT2D eigenvalue weighted by Crippen LogP contribution is 2.34. The molecule has 1 heterocycles. The van der Waals surface area contributed by atoms with E-state index in [1.807, 2.05) is 18.2 Å². The molecule has 0 aliphatic heterocycles. The van der Waals surface area contributed by atoms with Gasteiger partial charge in [-0.1, -0.05) is 12.5 Å². The van der Waals surface area contributed by atoms with Crippen LogP contribution in [0.25, 0.3) is 11.1 Å². The lowest BCUT2D eigenvalue weighted by Gasteiger charge is -2.25. The number of ether oxygens (including phenoxy) is 1. The summed E-state index contributed by atoms with van der Waals surface area (Å²) in [5.41, 5.74) is 7.75. The van der Waals surface area contributed by atoms with Crippen molar-refractivity contribution in [2.75, 3.05) is 12.3 Å². The van der Waals surface area contributed by atoms with Crippen LogP contribution in [-0.4, -0.2) is 16.8 Å². The first-order valence-electron chi connectivity index (χ1n) is 6.45. The van der Waals surface area contributed by atoms with Crippen LogP contribution >= 0.6 is 15.9 Å². The number of hydrogen-bond acceptors (Lipinski definition) is 3. The first-order chi connectivity index (χ1) is 9.24. The average Bonchev–Trinajstić information content (AvgIpc) is 2.75. The summed E-state index contributed by atoms with van der Waals surface area (Å²) in [7, 11) is 0. The van der Waals surface area contributed by atoms with Crippen LogP contribution in [0.2, 0.25) is 0 Å². The first kappa shape index (κ1) is 12.5. The molecule has 0 saturated heterocycles. The molecule has 2 aromatic rings. The second-order valence-electron chi connectivity index (χ2n) is 4.95. The zero-order valence-corrected chi connectivity index (χ0v) is 12.1. The molecular formula is C14H16BrN3O. The summed E-state index contributed by atoms with van der Waals surface area (Å²) in [5, 5.41) is 6.67. The topological polar surface area (TPSA) is 63.9 Å². The van der Waals surface area contributed by atoms with Crippen LogP contribution in [0.1, 0.15) is 19.3 Å². The second-order valence-corrected chi connectivity index (χ2v) is 5.80. The lowest BCUT2D eigenvalue weighted by atomic mass is 9.86. The minimum Gasteiger partial charge on any atom is -0.492 e. The van der Waals surface area contributed by atoms with Gasteiger partial charge in [-0.25, -0.2) is 0 Å². The summed E-state index contributed by atoms with van der Waals surface area (Å²) in [6.07, 6.45) is 5.66. The molecule has 1 aliphatic carbocycles. The Labute approximate surface area is 120 Å². The molecular weight excluding hydrogens is 306 g/mol. The molecule has 3 N–H and O–H groups in total. The molecule has 0 unspecified atom stereocenters. The molecule has 0 amide bonds. The summed E-state index contributed by atoms with van der Waals surface area (Å²) in [5.74, 6) is 2.20. The van der Waals surface area contributed by atoms with Crippen LogP contribution in [-0.2, 0) is 0 Å². The normalized spacial score (nSPS) is 15.2. The molecule has 0 atom stereocenters. The molecule has 1 aromatic carbocycles. The summed E-state index contributed by atoms with van der Waals surface area (Å²) < 4.78 is 6.79. The van der Waals surface area contributed by atoms with Crippen molar-refractivity contribution >= 4 is 21.7 Å². The van der Waals surface area contributed by atoms with Crippen molar-refractivity contribution in [3.63, 3.8) is 0 Å². The van der Waals surface area contributed by atoms with E-state index in [9.17, 15) is 0 Å². The Hall–Kier alpha value is -1.49. The lowest BCUT2D eigenvalue weighted by Crippen LogP contribution is -2.19. The Morgan fingerprint density at radius 2 is 2.26 bits per heavy atom. The smallest absolute Gasteiger partial charge is 0.133 e. The zero-order valence-electron chi connectivity index (χ0n) is 10.5. The van der Waals surface area contributed by atoms with E-state index in [0.717, 1.165) is 33.9 Å². The van der Waals surface area contributed by atoms with Crippen molar-refractivity contribution in [3.8, 4) is 16.9 Å². The van der Waals surface area contributed by atoms with Gasteiger partial charge in [0.1, 0.15) is 11.6 Å². The van der Waals surface area contributed by atoms with Gasteiger partial charge in [0.05, 0.1) is 17.3 Å². The van der Waals surface area contributed by atoms with Gasteiger partial charge in [0, 0.05) is 5.56 Å². The molecule has 1 saturated carbocycles. The number of hydrogen-bond donors (Lipinski definition) is 2. The number of nitrogens with zero attached hydrogens (tertiary/aromatic N) is 1. The monoisotopic (exact) mass is 321 g/mol. The maximum absolute atomic E-state index is 5.84. The quantitative estimate of drug-likeness (QED) is 0.904. The fourth-order valence-corrected chi connectivity index (χ4v) is 2.67. The van der Waals surface area contributed by atoms with Gasteiger partial charge in [0.2, 0.25) is 0 Å². The third-order valence-corrected chi connectivity index (χ3v) is 4.23. The van der Waals surface area contributed by atoms with Crippen molar-refractivity contribution in [1.29, 1.82) is 0 Å². The number of aromatic nitrogens is 2. The number of nitrogen functional groups attached to an aromatic ring is 1. The highest BCUT2D eigenvalue weighted by atomic mass is 79.9. The maximum atomic E-state index is 5.84. The number of benzene rings is 1. The number of H-pyrrole nitrogens is 1. The van der Waals surface area contributed by atoms with Gasteiger partial charge in [0.15, 0.2) is 0 Å². The van der Waals surface area contributed by atoms with Crippen molar-refractivity contribution in [3.05, 3.63) is 28.9 Å². The number of anilines is 1. The minimum atomic E-state index is 0.579. The predicted octanol–water partition coefficient (Wildman–Crippen LogP) is 3.60. The highest BCUT2D eigenvalue weighted by molar-refractivity contribution is 9.10. The summed E-state index contributed by atoms with van der Waals surface area (Å²) in [4.78, 5) is 0. The SMILES string of the molecule is Nc1[nH]ncc1-c1ccc(OCC2CCC2)c(Br)c1. The fourth-order valence-electron chi connectivity index (χ4n) is 2.18. The van der Waals surface area contributed by atoms with Crippen molar-refractivity contribution in [2.24, 2.45) is 5.92 Å². The van der Waals surface area contributed by atoms with Gasteiger partial charge in [-0.2, -0.15) is 5.10 Å². The Balaban J connectivity index is 1.75. The standard InChI is InChI=1S/C14H16BrN3O/c15-12-6-10(11-7-17-18-14(11)16)4-5-13(12)19-8-9-2-1-3-9/h4-7,9H,1-3,8H2,(H3,16,17,18). The van der Waals surface area contributed by atoms with Crippen LogP contribution in [0.4, 0.5) is 5.82 Å². The Morgan fingerprint density at radius 3 is 2.84 bits per heavy atom. The molecule has 1 fully saturated rings. The Kier molecular flexibility index (Phi) is 3.46. The molecule has 19 heavy (non-hydrogen) atoms. The molecule has 0 spiro atoms. The molecule has 1 aromatic heterocycles. The minimum absolute atomic E-state index is 0.579. The molecule has 4 nitrogen and oxygen atoms in total. The van der Waals surface area contributed by atoms with Gasteiger partial charge in [-0.3, -0.25) is 5.10 Å². The third kappa shape index (κ3) is 2.61. The maximum Gasteiger partial charge on any atom is 0.133 e. The van der Waals surface area contributed by atoms with Crippen LogP contribution in [0, 0.1) is 5.92 Å². The Morgan fingerprint density at radius 1 is 1.42 bits per heavy atom. The van der Waals surface area contributed by atoms with E-state index in [1.54, 1.807) is 6.20 Å². The van der Waals surface area contributed by atoms with Crippen molar-refractivity contribution in [2.45, 2.75) is 19.3 Å². The van der Waals surface area contributed by atoms with Crippen molar-refractivity contribution in [1.82, 2.24) is 10.2 Å². The van der Waals surface area contributed by atoms with E-state index in [4.69, 9.17) is 10.5 Å². The van der Waals surface area contributed by atoms with E-state index in [2.05, 4.69) is 26.1 Å². The van der Waals surface area contributed by atoms with E-state index < -0.39 is 0 Å². The molecule has 1 aliphatic rings. The van der Waals surface area contributed by atoms with E-state index in [-0.39, 0.29) is 0 Å². The molecule has 0 bridgehead atoms. The second kappa shape index (κ2) is 5.25. The third-order valence-electron chi connectivity index (χ3n) is 3.61. The predicted molar refractivity (Wildman–Crippen MR) is 79.0 cm³/mol. The molecule has 5 heteroatoms. The number of halogens is 1. The summed E-state index contributed by atoms with van der Waals surface area (Å²) in [6.45, 7) is 0.811. The zero-order chi connectivity index (χ0) is 13.2. The number of nitrogens with two attached hydrogens (primary N) is 1. The van der Waals surface area contributed by atoms with Gasteiger partial charge >= 0.3 is 0 Å². The van der Waals surface area contributed by atoms with Gasteiger partial charge < -0.3 is 10.5 Å². The summed E-state index contributed by atoms with van der Waals surface area (Å²) >= 11 is 3.55. The largest absolute Gasteiger partial charge is 0.492 e. The number of nitrogens with one attached hydrogen (secondary N) is 1. The Bertz CT molecular complexity index is 578. The van der Waals surface area contributed by atoms with Gasteiger partial charge in [-0.05, 0) is 52.4 Å². The van der Waals surface area contributed by atoms with E-state index in [0.29, 0.717) is 5.82 Å². The first-order valence-corrected chi connectivity index (χ1v) is 7.25. The molecule has 100 valence electrons. The average molecular weight is 322 g/mol. The fraction of sp³-hybridized carbons (Fsp3) is 0.357. The summed E-state index contributed by atoms with van der Waals surface area (Å²) in [6, 6.07) is 5.99. The van der Waals surface area contributed by atoms with Crippen LogP contribution < -0.4 is 10.5 Å². The molecule has 0 radical (unpaired) electrons. The van der Waals surface area contributed by atoms with Gasteiger partial charge in [0.25, 0.3) is 0 Å². The highest BCUT2D eigenvalue weighted by Gasteiger charge is 2.18.